The number of nitrogens with one attached hydrogen (secondary N) is 1. The summed E-state index contributed by atoms with van der Waals surface area (Å²) < 4.78 is 7.87. The van der Waals surface area contributed by atoms with Crippen molar-refractivity contribution in [2.45, 2.75) is 20.5 Å². The van der Waals surface area contributed by atoms with Gasteiger partial charge in [-0.15, -0.1) is 0 Å². The molecule has 4 rings (SSSR count). The molecule has 0 fully saturated rings. The lowest BCUT2D eigenvalue weighted by molar-refractivity contribution is 0.102. The molecule has 0 atom stereocenters. The van der Waals surface area contributed by atoms with E-state index in [4.69, 9.17) is 27.9 Å². The Labute approximate surface area is 184 Å². The van der Waals surface area contributed by atoms with Gasteiger partial charge < -0.3 is 14.5 Å². The first-order valence-electron chi connectivity index (χ1n) is 9.34. The molecule has 0 aliphatic rings. The van der Waals surface area contributed by atoms with Gasteiger partial charge in [-0.1, -0.05) is 40.9 Å². The quantitative estimate of drug-likeness (QED) is 0.409. The van der Waals surface area contributed by atoms with Gasteiger partial charge in [0.2, 0.25) is 0 Å². The summed E-state index contributed by atoms with van der Waals surface area (Å²) >= 11 is 12.9. The van der Waals surface area contributed by atoms with Crippen LogP contribution in [0.3, 0.4) is 0 Å². The third-order valence-corrected chi connectivity index (χ3v) is 5.47. The molecule has 30 heavy (non-hydrogen) atoms. The summed E-state index contributed by atoms with van der Waals surface area (Å²) in [6.45, 7) is 4.03. The molecule has 0 aliphatic heterocycles. The van der Waals surface area contributed by atoms with Crippen LogP contribution in [0.2, 0.25) is 10.0 Å². The second-order valence-electron chi connectivity index (χ2n) is 6.98. The predicted molar refractivity (Wildman–Crippen MR) is 120 cm³/mol. The Kier molecular flexibility index (Phi) is 5.66. The SMILES string of the molecule is Cc1ccc(C(=O)Nc2ccc(Cl)c(COc3cccn4cc(C)nc34)c2Cl)cc1. The van der Waals surface area contributed by atoms with E-state index >= 15 is 0 Å². The lowest BCUT2D eigenvalue weighted by Crippen LogP contribution is -2.13. The Morgan fingerprint density at radius 3 is 2.63 bits per heavy atom. The normalized spacial score (nSPS) is 10.9. The van der Waals surface area contributed by atoms with E-state index in [9.17, 15) is 4.79 Å². The van der Waals surface area contributed by atoms with E-state index in [0.29, 0.717) is 38.3 Å². The van der Waals surface area contributed by atoms with E-state index in [2.05, 4.69) is 10.3 Å². The van der Waals surface area contributed by atoms with Gasteiger partial charge in [0.1, 0.15) is 6.61 Å². The van der Waals surface area contributed by atoms with Crippen LogP contribution >= 0.6 is 23.2 Å². The van der Waals surface area contributed by atoms with Gasteiger partial charge in [0.25, 0.3) is 5.91 Å². The number of aryl methyl sites for hydroxylation is 2. The zero-order valence-corrected chi connectivity index (χ0v) is 18.0. The largest absolute Gasteiger partial charge is 0.485 e. The van der Waals surface area contributed by atoms with Crippen molar-refractivity contribution in [1.29, 1.82) is 0 Å². The first kappa shape index (κ1) is 20.3. The predicted octanol–water partition coefficient (Wildman–Crippen LogP) is 6.09. The van der Waals surface area contributed by atoms with E-state index in [1.165, 1.54) is 0 Å². The smallest absolute Gasteiger partial charge is 0.255 e. The second kappa shape index (κ2) is 8.38. The molecule has 4 aromatic rings. The number of fused-ring (bicyclic) bond motifs is 1. The summed E-state index contributed by atoms with van der Waals surface area (Å²) in [5, 5.41) is 3.64. The Morgan fingerprint density at radius 2 is 1.87 bits per heavy atom. The molecule has 5 nitrogen and oxygen atoms in total. The second-order valence-corrected chi connectivity index (χ2v) is 7.77. The number of anilines is 1. The van der Waals surface area contributed by atoms with Gasteiger partial charge in [-0.2, -0.15) is 0 Å². The first-order valence-corrected chi connectivity index (χ1v) is 10.1. The van der Waals surface area contributed by atoms with Crippen molar-refractivity contribution in [3.05, 3.63) is 93.4 Å². The van der Waals surface area contributed by atoms with Crippen molar-refractivity contribution in [2.24, 2.45) is 0 Å². The number of rotatable bonds is 5. The van der Waals surface area contributed by atoms with Gasteiger partial charge >= 0.3 is 0 Å². The molecule has 1 amide bonds. The van der Waals surface area contributed by atoms with Gasteiger partial charge in [0.05, 0.1) is 16.4 Å². The van der Waals surface area contributed by atoms with Crippen LogP contribution in [0, 0.1) is 13.8 Å². The van der Waals surface area contributed by atoms with Crippen LogP contribution in [0.1, 0.15) is 27.2 Å². The van der Waals surface area contributed by atoms with Crippen molar-refractivity contribution in [3.8, 4) is 5.75 Å². The molecule has 0 saturated heterocycles. The highest BCUT2D eigenvalue weighted by molar-refractivity contribution is 6.38. The van der Waals surface area contributed by atoms with E-state index in [0.717, 1.165) is 11.3 Å². The molecular formula is C23H19Cl2N3O2. The zero-order valence-electron chi connectivity index (χ0n) is 16.4. The summed E-state index contributed by atoms with van der Waals surface area (Å²) in [5.74, 6) is 0.371. The average Bonchev–Trinajstić information content (AvgIpc) is 3.11. The molecule has 2 aromatic carbocycles. The molecule has 1 N–H and O–H groups in total. The van der Waals surface area contributed by atoms with E-state index in [1.807, 2.05) is 54.9 Å². The van der Waals surface area contributed by atoms with Gasteiger partial charge in [-0.3, -0.25) is 4.79 Å². The maximum Gasteiger partial charge on any atom is 0.255 e. The fraction of sp³-hybridized carbons (Fsp3) is 0.130. The van der Waals surface area contributed by atoms with E-state index < -0.39 is 0 Å². The minimum Gasteiger partial charge on any atom is -0.485 e. The minimum absolute atomic E-state index is 0.136. The van der Waals surface area contributed by atoms with Crippen molar-refractivity contribution < 1.29 is 9.53 Å². The van der Waals surface area contributed by atoms with E-state index in [-0.39, 0.29) is 12.5 Å². The Bertz CT molecular complexity index is 1230. The fourth-order valence-electron chi connectivity index (χ4n) is 3.10. The van der Waals surface area contributed by atoms with Crippen molar-refractivity contribution >= 4 is 40.4 Å². The number of hydrogen-bond acceptors (Lipinski definition) is 3. The average molecular weight is 440 g/mol. The number of nitrogens with zero attached hydrogens (tertiary/aromatic N) is 2. The number of pyridine rings is 1. The third-order valence-electron chi connectivity index (χ3n) is 4.69. The molecule has 0 aliphatic carbocycles. The van der Waals surface area contributed by atoms with Gasteiger partial charge in [0, 0.05) is 28.5 Å². The zero-order chi connectivity index (χ0) is 21.3. The number of ether oxygens (including phenoxy) is 1. The van der Waals surface area contributed by atoms with Crippen LogP contribution in [-0.4, -0.2) is 15.3 Å². The van der Waals surface area contributed by atoms with Gasteiger partial charge in [-0.25, -0.2) is 4.98 Å². The summed E-state index contributed by atoms with van der Waals surface area (Å²) in [6, 6.07) is 14.4. The maximum absolute atomic E-state index is 12.6. The van der Waals surface area contributed by atoms with Crippen molar-refractivity contribution in [1.82, 2.24) is 9.38 Å². The van der Waals surface area contributed by atoms with Crippen LogP contribution < -0.4 is 10.1 Å². The summed E-state index contributed by atoms with van der Waals surface area (Å²) in [4.78, 5) is 17.0. The maximum atomic E-state index is 12.6. The number of halogens is 2. The molecule has 7 heteroatoms. The molecule has 0 radical (unpaired) electrons. The Morgan fingerprint density at radius 1 is 1.10 bits per heavy atom. The lowest BCUT2D eigenvalue weighted by atomic mass is 10.1. The van der Waals surface area contributed by atoms with Gasteiger partial charge in [0.15, 0.2) is 11.4 Å². The standard InChI is InChI=1S/C23H19Cl2N3O2/c1-14-5-7-16(8-6-14)23(29)27-19-10-9-18(24)17(21(19)25)13-30-20-4-3-11-28-12-15(2)26-22(20)28/h3-12H,13H2,1-2H3,(H,27,29). The highest BCUT2D eigenvalue weighted by atomic mass is 35.5. The number of benzene rings is 2. The topological polar surface area (TPSA) is 55.6 Å². The number of carbonyl (C=O) groups is 1. The van der Waals surface area contributed by atoms with Crippen LogP contribution in [0.25, 0.3) is 5.65 Å². The van der Waals surface area contributed by atoms with Gasteiger partial charge in [-0.05, 0) is 50.2 Å². The third kappa shape index (κ3) is 4.13. The lowest BCUT2D eigenvalue weighted by Gasteiger charge is -2.14. The van der Waals surface area contributed by atoms with Crippen LogP contribution in [0.4, 0.5) is 5.69 Å². The Hall–Kier alpha value is -3.02. The number of amides is 1. The monoisotopic (exact) mass is 439 g/mol. The van der Waals surface area contributed by atoms with Crippen LogP contribution in [0.15, 0.2) is 60.9 Å². The summed E-state index contributed by atoms with van der Waals surface area (Å²) in [6.07, 6.45) is 3.83. The summed E-state index contributed by atoms with van der Waals surface area (Å²) in [7, 11) is 0. The molecule has 0 saturated carbocycles. The number of aromatic nitrogens is 2. The Balaban J connectivity index is 1.56. The first-order chi connectivity index (χ1) is 14.4. The minimum atomic E-state index is -0.247. The molecule has 2 aromatic heterocycles. The van der Waals surface area contributed by atoms with E-state index in [1.54, 1.807) is 24.3 Å². The molecular weight excluding hydrogens is 421 g/mol. The molecule has 0 bridgehead atoms. The van der Waals surface area contributed by atoms with Crippen molar-refractivity contribution in [2.75, 3.05) is 5.32 Å². The number of carbonyl (C=O) groups excluding carboxylic acids is 1. The molecule has 0 spiro atoms. The summed E-state index contributed by atoms with van der Waals surface area (Å²) in [5.41, 5.74) is 4.29. The molecule has 0 unspecified atom stereocenters. The highest BCUT2D eigenvalue weighted by Crippen LogP contribution is 2.33. The van der Waals surface area contributed by atoms with Crippen LogP contribution in [-0.2, 0) is 6.61 Å². The molecule has 2 heterocycles. The van der Waals surface area contributed by atoms with Crippen LogP contribution in [0.5, 0.6) is 5.75 Å². The number of imidazole rings is 1. The number of hydrogen-bond donors (Lipinski definition) is 1. The van der Waals surface area contributed by atoms with Crippen molar-refractivity contribution in [3.63, 3.8) is 0 Å². The molecule has 152 valence electrons. The fourth-order valence-corrected chi connectivity index (χ4v) is 3.63. The highest BCUT2D eigenvalue weighted by Gasteiger charge is 2.15.